The SMILES string of the molecule is COc1cc(OC)c(OC)c(C2CO2)c1OC. The van der Waals surface area contributed by atoms with E-state index in [1.165, 1.54) is 0 Å². The Morgan fingerprint density at radius 2 is 1.41 bits per heavy atom. The predicted molar refractivity (Wildman–Crippen MR) is 61.3 cm³/mol. The average Bonchev–Trinajstić information content (AvgIpc) is 3.19. The topological polar surface area (TPSA) is 49.5 Å². The number of hydrogen-bond donors (Lipinski definition) is 0. The van der Waals surface area contributed by atoms with Gasteiger partial charge in [-0.1, -0.05) is 0 Å². The molecule has 0 aliphatic carbocycles. The van der Waals surface area contributed by atoms with Crippen molar-refractivity contribution in [1.82, 2.24) is 0 Å². The maximum atomic E-state index is 5.37. The van der Waals surface area contributed by atoms with Crippen LogP contribution in [0.3, 0.4) is 0 Å². The molecule has 0 bridgehead atoms. The molecule has 94 valence electrons. The van der Waals surface area contributed by atoms with E-state index in [0.29, 0.717) is 29.6 Å². The Kier molecular flexibility index (Phi) is 3.28. The Hall–Kier alpha value is -1.62. The van der Waals surface area contributed by atoms with Gasteiger partial charge in [0.05, 0.1) is 40.6 Å². The number of ether oxygens (including phenoxy) is 5. The number of rotatable bonds is 5. The molecule has 1 aromatic carbocycles. The lowest BCUT2D eigenvalue weighted by molar-refractivity contribution is 0.314. The van der Waals surface area contributed by atoms with E-state index in [1.807, 2.05) is 0 Å². The van der Waals surface area contributed by atoms with Gasteiger partial charge in [-0.15, -0.1) is 0 Å². The van der Waals surface area contributed by atoms with Crippen LogP contribution in [0.25, 0.3) is 0 Å². The zero-order valence-corrected chi connectivity index (χ0v) is 10.4. The largest absolute Gasteiger partial charge is 0.493 e. The smallest absolute Gasteiger partial charge is 0.170 e. The minimum absolute atomic E-state index is 0.0103. The van der Waals surface area contributed by atoms with Crippen molar-refractivity contribution in [3.8, 4) is 23.0 Å². The first-order valence-corrected chi connectivity index (χ1v) is 5.25. The summed E-state index contributed by atoms with van der Waals surface area (Å²) in [5.41, 5.74) is 0.839. The van der Waals surface area contributed by atoms with Gasteiger partial charge in [0, 0.05) is 6.07 Å². The van der Waals surface area contributed by atoms with Crippen LogP contribution in [0, 0.1) is 0 Å². The summed E-state index contributed by atoms with van der Waals surface area (Å²) in [5, 5.41) is 0. The normalized spacial score (nSPS) is 17.5. The second kappa shape index (κ2) is 4.71. The molecule has 1 aromatic rings. The Labute approximate surface area is 100 Å². The molecular formula is C12H16O5. The monoisotopic (exact) mass is 240 g/mol. The highest BCUT2D eigenvalue weighted by Gasteiger charge is 2.35. The summed E-state index contributed by atoms with van der Waals surface area (Å²) in [6, 6.07) is 1.74. The van der Waals surface area contributed by atoms with Crippen molar-refractivity contribution in [2.45, 2.75) is 6.10 Å². The van der Waals surface area contributed by atoms with Crippen molar-refractivity contribution in [2.75, 3.05) is 35.0 Å². The molecule has 0 radical (unpaired) electrons. The first-order valence-electron chi connectivity index (χ1n) is 5.25. The van der Waals surface area contributed by atoms with Crippen LogP contribution < -0.4 is 18.9 Å². The van der Waals surface area contributed by atoms with Crippen molar-refractivity contribution in [2.24, 2.45) is 0 Å². The first kappa shape index (κ1) is 11.9. The quantitative estimate of drug-likeness (QED) is 0.734. The molecule has 0 N–H and O–H groups in total. The molecule has 17 heavy (non-hydrogen) atoms. The molecule has 1 atom stereocenters. The summed E-state index contributed by atoms with van der Waals surface area (Å²) in [5.74, 6) is 2.48. The summed E-state index contributed by atoms with van der Waals surface area (Å²) in [4.78, 5) is 0. The van der Waals surface area contributed by atoms with E-state index in [-0.39, 0.29) is 6.10 Å². The Bertz CT molecular complexity index is 382. The van der Waals surface area contributed by atoms with Crippen molar-refractivity contribution >= 4 is 0 Å². The van der Waals surface area contributed by atoms with Gasteiger partial charge in [-0.2, -0.15) is 0 Å². The van der Waals surface area contributed by atoms with E-state index < -0.39 is 0 Å². The van der Waals surface area contributed by atoms with Gasteiger partial charge in [0.25, 0.3) is 0 Å². The number of epoxide rings is 1. The van der Waals surface area contributed by atoms with E-state index >= 15 is 0 Å². The summed E-state index contributed by atoms with van der Waals surface area (Å²) >= 11 is 0. The molecule has 1 heterocycles. The van der Waals surface area contributed by atoms with Crippen molar-refractivity contribution < 1.29 is 23.7 Å². The fourth-order valence-electron chi connectivity index (χ4n) is 1.85. The molecule has 1 saturated heterocycles. The predicted octanol–water partition coefficient (Wildman–Crippen LogP) is 1.79. The summed E-state index contributed by atoms with van der Waals surface area (Å²) in [7, 11) is 6.36. The standard InChI is InChI=1S/C12H16O5/c1-13-7-5-8(14-2)12(16-4)10(9-6-17-9)11(7)15-3/h5,9H,6H2,1-4H3. The zero-order chi connectivity index (χ0) is 12.4. The number of hydrogen-bond acceptors (Lipinski definition) is 5. The third-order valence-corrected chi connectivity index (χ3v) is 2.70. The molecule has 1 aliphatic rings. The fraction of sp³-hybridized carbons (Fsp3) is 0.500. The highest BCUT2D eigenvalue weighted by molar-refractivity contribution is 5.62. The van der Waals surface area contributed by atoms with E-state index in [0.717, 1.165) is 5.56 Å². The van der Waals surface area contributed by atoms with Gasteiger partial charge in [0.2, 0.25) is 0 Å². The van der Waals surface area contributed by atoms with E-state index in [1.54, 1.807) is 34.5 Å². The van der Waals surface area contributed by atoms with Crippen molar-refractivity contribution in [1.29, 1.82) is 0 Å². The molecule has 0 amide bonds. The van der Waals surface area contributed by atoms with Crippen LogP contribution >= 0.6 is 0 Å². The second-order valence-corrected chi connectivity index (χ2v) is 3.58. The van der Waals surface area contributed by atoms with Crippen molar-refractivity contribution in [3.05, 3.63) is 11.6 Å². The molecule has 0 aromatic heterocycles. The third-order valence-electron chi connectivity index (χ3n) is 2.70. The molecule has 0 saturated carbocycles. The summed E-state index contributed by atoms with van der Waals surface area (Å²) < 4.78 is 26.6. The van der Waals surface area contributed by atoms with Gasteiger partial charge in [0.15, 0.2) is 23.0 Å². The van der Waals surface area contributed by atoms with Gasteiger partial charge in [0.1, 0.15) is 6.10 Å². The Balaban J connectivity index is 2.63. The van der Waals surface area contributed by atoms with E-state index in [9.17, 15) is 0 Å². The summed E-state index contributed by atoms with van der Waals surface area (Å²) in [6.07, 6.45) is -0.0103. The van der Waals surface area contributed by atoms with E-state index in [4.69, 9.17) is 23.7 Å². The third kappa shape index (κ3) is 1.98. The minimum Gasteiger partial charge on any atom is -0.493 e. The van der Waals surface area contributed by atoms with Crippen LogP contribution in [0.5, 0.6) is 23.0 Å². The molecule has 1 unspecified atom stereocenters. The lowest BCUT2D eigenvalue weighted by atomic mass is 10.1. The molecular weight excluding hydrogens is 224 g/mol. The maximum Gasteiger partial charge on any atom is 0.170 e. The van der Waals surface area contributed by atoms with Gasteiger partial charge < -0.3 is 23.7 Å². The summed E-state index contributed by atoms with van der Waals surface area (Å²) in [6.45, 7) is 0.656. The highest BCUT2D eigenvalue weighted by Crippen LogP contribution is 2.51. The molecule has 2 rings (SSSR count). The van der Waals surface area contributed by atoms with Crippen LogP contribution in [-0.4, -0.2) is 35.0 Å². The average molecular weight is 240 g/mol. The van der Waals surface area contributed by atoms with Crippen LogP contribution in [-0.2, 0) is 4.74 Å². The highest BCUT2D eigenvalue weighted by atomic mass is 16.6. The Morgan fingerprint density at radius 3 is 1.71 bits per heavy atom. The molecule has 1 fully saturated rings. The van der Waals surface area contributed by atoms with Gasteiger partial charge in [-0.05, 0) is 0 Å². The van der Waals surface area contributed by atoms with Crippen LogP contribution in [0.15, 0.2) is 6.07 Å². The van der Waals surface area contributed by atoms with Gasteiger partial charge in [-0.3, -0.25) is 0 Å². The number of benzene rings is 1. The zero-order valence-electron chi connectivity index (χ0n) is 10.4. The van der Waals surface area contributed by atoms with Crippen LogP contribution in [0.2, 0.25) is 0 Å². The first-order chi connectivity index (χ1) is 8.26. The maximum absolute atomic E-state index is 5.37. The van der Waals surface area contributed by atoms with Gasteiger partial charge >= 0.3 is 0 Å². The van der Waals surface area contributed by atoms with Crippen LogP contribution in [0.4, 0.5) is 0 Å². The van der Waals surface area contributed by atoms with Gasteiger partial charge in [-0.25, -0.2) is 0 Å². The van der Waals surface area contributed by atoms with E-state index in [2.05, 4.69) is 0 Å². The second-order valence-electron chi connectivity index (χ2n) is 3.58. The fourth-order valence-corrected chi connectivity index (χ4v) is 1.85. The molecule has 0 spiro atoms. The Morgan fingerprint density at radius 1 is 0.941 bits per heavy atom. The number of methoxy groups -OCH3 is 4. The van der Waals surface area contributed by atoms with Crippen molar-refractivity contribution in [3.63, 3.8) is 0 Å². The van der Waals surface area contributed by atoms with Crippen LogP contribution in [0.1, 0.15) is 11.7 Å². The minimum atomic E-state index is -0.0103. The lowest BCUT2D eigenvalue weighted by Gasteiger charge is -2.17. The lowest BCUT2D eigenvalue weighted by Crippen LogP contribution is -2.01. The molecule has 5 nitrogen and oxygen atoms in total. The molecule has 1 aliphatic heterocycles. The molecule has 5 heteroatoms.